The maximum atomic E-state index is 11.7. The van der Waals surface area contributed by atoms with Crippen molar-refractivity contribution in [1.29, 1.82) is 0 Å². The van der Waals surface area contributed by atoms with E-state index in [1.54, 1.807) is 0 Å². The van der Waals surface area contributed by atoms with Crippen LogP contribution < -0.4 is 5.32 Å². The molecule has 6 heteroatoms. The van der Waals surface area contributed by atoms with Gasteiger partial charge in [-0.1, -0.05) is 0 Å². The molecule has 1 amide bonds. The minimum absolute atomic E-state index is 0.0386. The van der Waals surface area contributed by atoms with E-state index >= 15 is 0 Å². The van der Waals surface area contributed by atoms with Crippen LogP contribution in [-0.4, -0.2) is 59.8 Å². The molecule has 2 fully saturated rings. The van der Waals surface area contributed by atoms with E-state index < -0.39 is 11.3 Å². The molecule has 0 bridgehead atoms. The van der Waals surface area contributed by atoms with Gasteiger partial charge in [0.15, 0.2) is 0 Å². The maximum Gasteiger partial charge on any atom is 0.407 e. The van der Waals surface area contributed by atoms with Crippen molar-refractivity contribution in [2.45, 2.75) is 57.4 Å². The van der Waals surface area contributed by atoms with Crippen molar-refractivity contribution in [1.82, 2.24) is 10.2 Å². The number of aliphatic hydroxyl groups is 1. The minimum atomic E-state index is -0.775. The average molecular weight is 286 g/mol. The zero-order valence-corrected chi connectivity index (χ0v) is 12.6. The van der Waals surface area contributed by atoms with E-state index in [9.17, 15) is 9.90 Å². The van der Waals surface area contributed by atoms with Crippen molar-refractivity contribution in [2.75, 3.05) is 26.3 Å². The molecule has 0 spiro atoms. The first-order valence-corrected chi connectivity index (χ1v) is 7.33. The summed E-state index contributed by atoms with van der Waals surface area (Å²) in [6, 6.07) is 0.0386. The number of nitrogens with zero attached hydrogens (tertiary/aromatic N) is 1. The number of amides is 1. The summed E-state index contributed by atoms with van der Waals surface area (Å²) in [7, 11) is 0. The van der Waals surface area contributed by atoms with Gasteiger partial charge in [0.05, 0.1) is 13.2 Å². The smallest absolute Gasteiger partial charge is 0.407 e. The number of alkyl carbamates (subject to hydrolysis) is 1. The zero-order valence-electron chi connectivity index (χ0n) is 12.6. The normalized spacial score (nSPS) is 27.3. The van der Waals surface area contributed by atoms with Crippen LogP contribution >= 0.6 is 0 Å². The largest absolute Gasteiger partial charge is 0.444 e. The quantitative estimate of drug-likeness (QED) is 0.795. The van der Waals surface area contributed by atoms with Crippen LogP contribution in [-0.2, 0) is 9.47 Å². The highest BCUT2D eigenvalue weighted by atomic mass is 16.6. The lowest BCUT2D eigenvalue weighted by Crippen LogP contribution is -2.52. The van der Waals surface area contributed by atoms with Crippen LogP contribution in [0.25, 0.3) is 0 Å². The van der Waals surface area contributed by atoms with Gasteiger partial charge in [0.1, 0.15) is 11.3 Å². The van der Waals surface area contributed by atoms with Crippen LogP contribution in [0.15, 0.2) is 0 Å². The van der Waals surface area contributed by atoms with Crippen LogP contribution in [0, 0.1) is 0 Å². The van der Waals surface area contributed by atoms with E-state index in [4.69, 9.17) is 9.47 Å². The fraction of sp³-hybridized carbons (Fsp3) is 0.929. The second-order valence-corrected chi connectivity index (χ2v) is 6.67. The van der Waals surface area contributed by atoms with Gasteiger partial charge in [-0.25, -0.2) is 4.79 Å². The van der Waals surface area contributed by atoms with Crippen LogP contribution in [0.3, 0.4) is 0 Å². The summed E-state index contributed by atoms with van der Waals surface area (Å²) < 4.78 is 10.5. The summed E-state index contributed by atoms with van der Waals surface area (Å²) in [6.07, 6.45) is 1.71. The fourth-order valence-corrected chi connectivity index (χ4v) is 2.74. The lowest BCUT2D eigenvalue weighted by atomic mass is 10.0. The summed E-state index contributed by atoms with van der Waals surface area (Å²) in [5, 5.41) is 13.5. The third-order valence-corrected chi connectivity index (χ3v) is 3.79. The molecule has 0 aromatic carbocycles. The second kappa shape index (κ2) is 5.87. The fourth-order valence-electron chi connectivity index (χ4n) is 2.74. The van der Waals surface area contributed by atoms with Crippen molar-refractivity contribution in [3.8, 4) is 0 Å². The Bertz CT molecular complexity index is 348. The molecule has 2 aliphatic heterocycles. The van der Waals surface area contributed by atoms with Gasteiger partial charge >= 0.3 is 6.09 Å². The molecular weight excluding hydrogens is 260 g/mol. The first-order valence-electron chi connectivity index (χ1n) is 7.33. The van der Waals surface area contributed by atoms with Crippen molar-refractivity contribution >= 4 is 6.09 Å². The second-order valence-electron chi connectivity index (χ2n) is 6.67. The molecule has 0 aliphatic carbocycles. The first kappa shape index (κ1) is 15.5. The Morgan fingerprint density at radius 2 is 2.05 bits per heavy atom. The Morgan fingerprint density at radius 1 is 1.40 bits per heavy atom. The van der Waals surface area contributed by atoms with Crippen LogP contribution in [0.1, 0.15) is 40.0 Å². The number of hydrogen-bond donors (Lipinski definition) is 2. The van der Waals surface area contributed by atoms with E-state index in [2.05, 4.69) is 10.2 Å². The number of hydrogen-bond acceptors (Lipinski definition) is 5. The summed E-state index contributed by atoms with van der Waals surface area (Å²) in [4.78, 5) is 13.8. The monoisotopic (exact) mass is 286 g/mol. The van der Waals surface area contributed by atoms with Crippen LogP contribution in [0.5, 0.6) is 0 Å². The average Bonchev–Trinajstić information content (AvgIpc) is 2.76. The highest BCUT2D eigenvalue weighted by Crippen LogP contribution is 2.28. The van der Waals surface area contributed by atoms with Gasteiger partial charge in [0.2, 0.25) is 0 Å². The number of likely N-dealkylation sites (tertiary alicyclic amines) is 1. The molecule has 116 valence electrons. The van der Waals surface area contributed by atoms with E-state index in [1.165, 1.54) is 0 Å². The molecule has 2 aliphatic rings. The maximum absolute atomic E-state index is 11.7. The third-order valence-electron chi connectivity index (χ3n) is 3.79. The molecule has 0 radical (unpaired) electrons. The molecule has 1 atom stereocenters. The number of rotatable bonds is 2. The van der Waals surface area contributed by atoms with Gasteiger partial charge < -0.3 is 19.9 Å². The van der Waals surface area contributed by atoms with Crippen molar-refractivity contribution in [3.63, 3.8) is 0 Å². The van der Waals surface area contributed by atoms with Gasteiger partial charge in [-0.05, 0) is 27.2 Å². The Balaban J connectivity index is 1.81. The topological polar surface area (TPSA) is 71.0 Å². The van der Waals surface area contributed by atoms with Crippen molar-refractivity contribution in [2.24, 2.45) is 0 Å². The van der Waals surface area contributed by atoms with Crippen molar-refractivity contribution < 1.29 is 19.4 Å². The molecular formula is C14H26N2O4. The summed E-state index contributed by atoms with van der Waals surface area (Å²) in [5.41, 5.74) is -1.26. The standard InChI is InChI=1S/C14H26N2O4/c1-13(2,3)20-12(17)15-11-4-7-16(10-11)14(18)5-8-19-9-6-14/h11,18H,4-10H2,1-3H3,(H,15,17). The van der Waals surface area contributed by atoms with E-state index in [1.807, 2.05) is 20.8 Å². The highest BCUT2D eigenvalue weighted by molar-refractivity contribution is 5.68. The van der Waals surface area contributed by atoms with E-state index in [-0.39, 0.29) is 12.1 Å². The Labute approximate surface area is 120 Å². The van der Waals surface area contributed by atoms with Crippen LogP contribution in [0.4, 0.5) is 4.79 Å². The van der Waals surface area contributed by atoms with Gasteiger partial charge in [-0.15, -0.1) is 0 Å². The van der Waals surface area contributed by atoms with Gasteiger partial charge in [0, 0.05) is 32.0 Å². The Hall–Kier alpha value is -0.850. The molecule has 0 aromatic rings. The summed E-state index contributed by atoms with van der Waals surface area (Å²) in [6.45, 7) is 8.18. The molecule has 0 saturated carbocycles. The molecule has 1 unspecified atom stereocenters. The van der Waals surface area contributed by atoms with Gasteiger partial charge in [0.25, 0.3) is 0 Å². The molecule has 6 nitrogen and oxygen atoms in total. The van der Waals surface area contributed by atoms with E-state index in [0.29, 0.717) is 32.6 Å². The molecule has 0 aromatic heterocycles. The SMILES string of the molecule is CC(C)(C)OC(=O)NC1CCN(C2(O)CCOCC2)C1. The van der Waals surface area contributed by atoms with Gasteiger partial charge in [-0.2, -0.15) is 0 Å². The van der Waals surface area contributed by atoms with Gasteiger partial charge in [-0.3, -0.25) is 4.90 Å². The zero-order chi connectivity index (χ0) is 14.8. The highest BCUT2D eigenvalue weighted by Gasteiger charge is 2.40. The summed E-state index contributed by atoms with van der Waals surface area (Å²) >= 11 is 0. The number of carbonyl (C=O) groups is 1. The Morgan fingerprint density at radius 3 is 2.65 bits per heavy atom. The lowest BCUT2D eigenvalue weighted by Gasteiger charge is -2.40. The molecule has 2 saturated heterocycles. The number of ether oxygens (including phenoxy) is 2. The molecule has 2 rings (SSSR count). The Kier molecular flexibility index (Phi) is 4.56. The number of nitrogens with one attached hydrogen (secondary N) is 1. The molecule has 2 N–H and O–H groups in total. The predicted molar refractivity (Wildman–Crippen MR) is 74.4 cm³/mol. The molecule has 20 heavy (non-hydrogen) atoms. The molecule has 2 heterocycles. The third kappa shape index (κ3) is 4.07. The minimum Gasteiger partial charge on any atom is -0.444 e. The predicted octanol–water partition coefficient (Wildman–Crippen LogP) is 1.08. The first-order chi connectivity index (χ1) is 9.28. The van der Waals surface area contributed by atoms with Crippen molar-refractivity contribution in [3.05, 3.63) is 0 Å². The lowest BCUT2D eigenvalue weighted by molar-refractivity contribution is -0.156. The number of carbonyl (C=O) groups excluding carboxylic acids is 1. The van der Waals surface area contributed by atoms with Crippen LogP contribution in [0.2, 0.25) is 0 Å². The van der Waals surface area contributed by atoms with E-state index in [0.717, 1.165) is 13.0 Å². The summed E-state index contributed by atoms with van der Waals surface area (Å²) in [5.74, 6) is 0.